The average Bonchev–Trinajstić information content (AvgIpc) is 3.26. The first-order valence-corrected chi connectivity index (χ1v) is 26.6. The molecule has 316 valence electrons. The molecule has 2 aliphatic rings. The van der Waals surface area contributed by atoms with E-state index in [1.54, 1.807) is 0 Å². The lowest BCUT2D eigenvalue weighted by Crippen LogP contribution is -2.69. The lowest BCUT2D eigenvalue weighted by molar-refractivity contribution is -0.338. The van der Waals surface area contributed by atoms with Gasteiger partial charge in [0.15, 0.2) is 5.79 Å². The van der Waals surface area contributed by atoms with Crippen molar-refractivity contribution >= 4 is 41.9 Å². The van der Waals surface area contributed by atoms with E-state index in [0.29, 0.717) is 17.8 Å². The van der Waals surface area contributed by atoms with Gasteiger partial charge >= 0.3 is 0 Å². The Bertz CT molecular complexity index is 1960. The van der Waals surface area contributed by atoms with Crippen molar-refractivity contribution < 1.29 is 13.9 Å². The molecular formula is C55H70O3PSi+. The van der Waals surface area contributed by atoms with E-state index in [1.807, 2.05) is 0 Å². The van der Waals surface area contributed by atoms with Crippen LogP contribution in [0.1, 0.15) is 93.9 Å². The van der Waals surface area contributed by atoms with E-state index in [0.717, 1.165) is 44.7 Å². The highest BCUT2D eigenvalue weighted by Crippen LogP contribution is 2.57. The molecule has 0 aromatic heterocycles. The van der Waals surface area contributed by atoms with Crippen LogP contribution < -0.4 is 26.3 Å². The predicted molar refractivity (Wildman–Crippen MR) is 260 cm³/mol. The number of hydrogen-bond donors (Lipinski definition) is 0. The molecule has 2 aliphatic heterocycles. The molecule has 1 spiro atoms. The summed E-state index contributed by atoms with van der Waals surface area (Å²) in [5.74, 6) is 0.728. The Balaban J connectivity index is 1.18. The molecule has 7 rings (SSSR count). The average molecular weight is 838 g/mol. The minimum absolute atomic E-state index is 0.00186. The summed E-state index contributed by atoms with van der Waals surface area (Å²) in [5, 5.41) is 6.89. The first kappa shape index (κ1) is 44.4. The van der Waals surface area contributed by atoms with Crippen molar-refractivity contribution in [1.29, 1.82) is 0 Å². The van der Waals surface area contributed by atoms with Gasteiger partial charge in [-0.25, -0.2) is 0 Å². The number of hydrogen-bond acceptors (Lipinski definition) is 3. The van der Waals surface area contributed by atoms with Crippen molar-refractivity contribution in [3.05, 3.63) is 163 Å². The van der Waals surface area contributed by atoms with Crippen molar-refractivity contribution in [2.24, 2.45) is 17.8 Å². The van der Waals surface area contributed by atoms with Crippen molar-refractivity contribution in [1.82, 2.24) is 0 Å². The zero-order valence-corrected chi connectivity index (χ0v) is 39.5. The highest BCUT2D eigenvalue weighted by atomic mass is 31.2. The fourth-order valence-corrected chi connectivity index (χ4v) is 20.0. The molecule has 5 heteroatoms. The van der Waals surface area contributed by atoms with Crippen LogP contribution in [-0.4, -0.2) is 38.6 Å². The molecule has 0 radical (unpaired) electrons. The molecule has 2 fully saturated rings. The summed E-state index contributed by atoms with van der Waals surface area (Å²) in [7, 11) is -4.72. The van der Waals surface area contributed by atoms with Crippen molar-refractivity contribution in [2.75, 3.05) is 6.16 Å². The summed E-state index contributed by atoms with van der Waals surface area (Å²) >= 11 is 0. The van der Waals surface area contributed by atoms with Gasteiger partial charge in [0.05, 0.1) is 24.5 Å². The molecule has 0 aliphatic carbocycles. The molecule has 0 amide bonds. The molecular weight excluding hydrogens is 768 g/mol. The first-order chi connectivity index (χ1) is 28.8. The van der Waals surface area contributed by atoms with Gasteiger partial charge in [0.1, 0.15) is 23.2 Å². The van der Waals surface area contributed by atoms with E-state index in [1.165, 1.54) is 31.9 Å². The van der Waals surface area contributed by atoms with E-state index in [4.69, 9.17) is 13.9 Å². The Labute approximate surface area is 364 Å². The molecule has 5 aromatic rings. The SMILES string of the molecule is C/C(=C\C[C@@H]1C[C@H](O[Si](c2ccccc2)(c2ccccc2)C(C)(C)C)C[C@]2(CC[C@H](C)[C@@H](C(C)C)O2)O1)C[C@@H](C)C[P+](c1ccccc1)(c1ccccc1)c1ccccc1. The lowest BCUT2D eigenvalue weighted by atomic mass is 9.83. The van der Waals surface area contributed by atoms with Crippen LogP contribution in [0.5, 0.6) is 0 Å². The van der Waals surface area contributed by atoms with E-state index >= 15 is 0 Å². The van der Waals surface area contributed by atoms with Gasteiger partial charge in [-0.2, -0.15) is 0 Å². The van der Waals surface area contributed by atoms with Gasteiger partial charge in [-0.3, -0.25) is 0 Å². The van der Waals surface area contributed by atoms with Crippen LogP contribution in [0.15, 0.2) is 163 Å². The van der Waals surface area contributed by atoms with Crippen LogP contribution in [0.3, 0.4) is 0 Å². The summed E-state index contributed by atoms with van der Waals surface area (Å²) < 4.78 is 22.4. The van der Waals surface area contributed by atoms with Crippen molar-refractivity contribution in [2.45, 2.75) is 123 Å². The fraction of sp³-hybridized carbons (Fsp3) is 0.418. The highest BCUT2D eigenvalue weighted by molar-refractivity contribution is 7.95. The van der Waals surface area contributed by atoms with Gasteiger partial charge in [0, 0.05) is 12.8 Å². The molecule has 3 nitrogen and oxygen atoms in total. The van der Waals surface area contributed by atoms with Crippen molar-refractivity contribution in [3.63, 3.8) is 0 Å². The predicted octanol–water partition coefficient (Wildman–Crippen LogP) is 11.6. The molecule has 6 atom stereocenters. The summed E-state index contributed by atoms with van der Waals surface area (Å²) in [6.07, 6.45) is 9.24. The summed E-state index contributed by atoms with van der Waals surface area (Å²) in [6, 6.07) is 56.1. The Morgan fingerprint density at radius 3 is 1.65 bits per heavy atom. The molecule has 5 aromatic carbocycles. The second-order valence-electron chi connectivity index (χ2n) is 19.4. The Hall–Kier alpha value is -3.63. The highest BCUT2D eigenvalue weighted by Gasteiger charge is 2.55. The third-order valence-corrected chi connectivity index (χ3v) is 23.1. The molecule has 2 heterocycles. The van der Waals surface area contributed by atoms with Gasteiger partial charge < -0.3 is 13.9 Å². The van der Waals surface area contributed by atoms with Crippen LogP contribution in [0.4, 0.5) is 0 Å². The zero-order chi connectivity index (χ0) is 42.4. The summed E-state index contributed by atoms with van der Waals surface area (Å²) in [4.78, 5) is 0. The third kappa shape index (κ3) is 9.54. The largest absolute Gasteiger partial charge is 0.404 e. The summed E-state index contributed by atoms with van der Waals surface area (Å²) in [6.45, 7) is 18.9. The van der Waals surface area contributed by atoms with Crippen LogP contribution in [0, 0.1) is 17.8 Å². The smallest absolute Gasteiger partial charge is 0.261 e. The first-order valence-electron chi connectivity index (χ1n) is 22.7. The van der Waals surface area contributed by atoms with Gasteiger partial charge in [0.2, 0.25) is 0 Å². The molecule has 0 saturated carbocycles. The Kier molecular flexibility index (Phi) is 14.2. The van der Waals surface area contributed by atoms with Gasteiger partial charge in [-0.05, 0) is 102 Å². The minimum atomic E-state index is -2.80. The van der Waals surface area contributed by atoms with Crippen LogP contribution in [0.25, 0.3) is 0 Å². The normalized spacial score (nSPS) is 23.4. The summed E-state index contributed by atoms with van der Waals surface area (Å²) in [5.41, 5.74) is 1.43. The minimum Gasteiger partial charge on any atom is -0.404 e. The standard InChI is InChI=1S/C55H70O3PSi/c1-42(2)53-45(5)36-37-55(57-53)40-47(58-60(54(6,7)8,51-30-20-12-21-31-51)52-32-22-13-23-33-52)39-46(56-55)35-34-43(3)38-44(4)41-59(48-24-14-9-15-25-48,49-26-16-10-17-27-49)50-28-18-11-19-29-50/h9-34,42,44-47,53H,35-41H2,1-8H3/q+1/b43-34+/t44-,45+,46-,47+,53-,55-/m1/s1. The second kappa shape index (κ2) is 19.2. The van der Waals surface area contributed by atoms with Crippen LogP contribution in [0.2, 0.25) is 5.04 Å². The lowest BCUT2D eigenvalue weighted by Gasteiger charge is -2.53. The molecule has 0 unspecified atom stereocenters. The number of rotatable bonds is 14. The van der Waals surface area contributed by atoms with Gasteiger partial charge in [-0.15, -0.1) is 0 Å². The monoisotopic (exact) mass is 837 g/mol. The van der Waals surface area contributed by atoms with E-state index < -0.39 is 21.4 Å². The van der Waals surface area contributed by atoms with Gasteiger partial charge in [-0.1, -0.05) is 175 Å². The van der Waals surface area contributed by atoms with E-state index in [9.17, 15) is 0 Å². The topological polar surface area (TPSA) is 27.7 Å². The Morgan fingerprint density at radius 2 is 1.20 bits per heavy atom. The maximum absolute atomic E-state index is 7.91. The van der Waals surface area contributed by atoms with Crippen LogP contribution in [-0.2, 0) is 13.9 Å². The molecule has 0 N–H and O–H groups in total. The molecule has 2 saturated heterocycles. The van der Waals surface area contributed by atoms with Crippen molar-refractivity contribution in [3.8, 4) is 0 Å². The maximum atomic E-state index is 7.91. The second-order valence-corrected chi connectivity index (χ2v) is 27.2. The van der Waals surface area contributed by atoms with E-state index in [2.05, 4.69) is 213 Å². The van der Waals surface area contributed by atoms with Gasteiger partial charge in [0.25, 0.3) is 8.32 Å². The number of ether oxygens (including phenoxy) is 2. The molecule has 60 heavy (non-hydrogen) atoms. The Morgan fingerprint density at radius 1 is 0.733 bits per heavy atom. The van der Waals surface area contributed by atoms with E-state index in [-0.39, 0.29) is 23.4 Å². The molecule has 0 bridgehead atoms. The van der Waals surface area contributed by atoms with Crippen LogP contribution >= 0.6 is 7.26 Å². The quantitative estimate of drug-likeness (QED) is 0.0633. The fourth-order valence-electron chi connectivity index (χ4n) is 10.7. The zero-order valence-electron chi connectivity index (χ0n) is 37.6. The number of allylic oxidation sites excluding steroid dienone is 1. The third-order valence-electron chi connectivity index (χ3n) is 13.3. The number of benzene rings is 5. The maximum Gasteiger partial charge on any atom is 0.261 e.